The third-order valence-corrected chi connectivity index (χ3v) is 5.21. The van der Waals surface area contributed by atoms with Crippen molar-refractivity contribution in [2.24, 2.45) is 11.3 Å². The summed E-state index contributed by atoms with van der Waals surface area (Å²) in [7, 11) is 1.60. The number of anilines is 1. The van der Waals surface area contributed by atoms with Gasteiger partial charge < -0.3 is 19.7 Å². The van der Waals surface area contributed by atoms with Gasteiger partial charge in [-0.15, -0.1) is 0 Å². The van der Waals surface area contributed by atoms with E-state index in [1.807, 2.05) is 74.2 Å². The van der Waals surface area contributed by atoms with Crippen molar-refractivity contribution in [3.05, 3.63) is 48.5 Å². The Balaban J connectivity index is 1.53. The summed E-state index contributed by atoms with van der Waals surface area (Å²) in [5.41, 5.74) is 0.337. The first-order chi connectivity index (χ1) is 14.3. The molecule has 0 spiro atoms. The molecule has 2 aromatic rings. The van der Waals surface area contributed by atoms with Gasteiger partial charge in [-0.25, -0.2) is 0 Å². The topological polar surface area (TPSA) is 67.9 Å². The van der Waals surface area contributed by atoms with Gasteiger partial charge in [-0.2, -0.15) is 0 Å². The van der Waals surface area contributed by atoms with Crippen LogP contribution in [0.3, 0.4) is 0 Å². The molecule has 0 bridgehead atoms. The molecule has 1 N–H and O–H groups in total. The number of carbonyl (C=O) groups is 2. The van der Waals surface area contributed by atoms with E-state index in [2.05, 4.69) is 5.32 Å². The Hall–Kier alpha value is -3.02. The number of nitrogens with one attached hydrogen (secondary N) is 1. The summed E-state index contributed by atoms with van der Waals surface area (Å²) in [6, 6.07) is 14.7. The Bertz CT molecular complexity index is 879. The standard InChI is InChI=1S/C24H30N2O4/c1-24(2,3)23(28)26-15-13-17(14-16-26)22(27)25-18-9-11-19(12-10-18)30-21-8-6-5-7-20(21)29-4/h5-12,17H,13-16H2,1-4H3,(H,25,27). The van der Waals surface area contributed by atoms with Crippen LogP contribution in [-0.4, -0.2) is 36.9 Å². The number of benzene rings is 2. The lowest BCUT2D eigenvalue weighted by Gasteiger charge is -2.35. The molecule has 2 amide bonds. The second-order valence-electron chi connectivity index (χ2n) is 8.58. The van der Waals surface area contributed by atoms with Crippen LogP contribution in [0.2, 0.25) is 0 Å². The molecular weight excluding hydrogens is 380 g/mol. The molecule has 0 aliphatic carbocycles. The van der Waals surface area contributed by atoms with Gasteiger partial charge in [-0.1, -0.05) is 32.9 Å². The fraction of sp³-hybridized carbons (Fsp3) is 0.417. The zero-order valence-corrected chi connectivity index (χ0v) is 18.1. The lowest BCUT2D eigenvalue weighted by Crippen LogP contribution is -2.45. The van der Waals surface area contributed by atoms with Gasteiger partial charge in [-0.05, 0) is 49.2 Å². The molecule has 1 fully saturated rings. The molecular formula is C24H30N2O4. The summed E-state index contributed by atoms with van der Waals surface area (Å²) in [5.74, 6) is 2.01. The minimum atomic E-state index is -0.386. The first-order valence-corrected chi connectivity index (χ1v) is 10.3. The molecule has 30 heavy (non-hydrogen) atoms. The number of hydrogen-bond donors (Lipinski definition) is 1. The highest BCUT2D eigenvalue weighted by molar-refractivity contribution is 5.93. The number of piperidine rings is 1. The van der Waals surface area contributed by atoms with Crippen LogP contribution in [0.5, 0.6) is 17.2 Å². The monoisotopic (exact) mass is 410 g/mol. The van der Waals surface area contributed by atoms with Crippen LogP contribution in [0.15, 0.2) is 48.5 Å². The van der Waals surface area contributed by atoms with Gasteiger partial charge in [0.25, 0.3) is 0 Å². The average molecular weight is 411 g/mol. The third kappa shape index (κ3) is 5.32. The molecule has 1 saturated heterocycles. The number of nitrogens with zero attached hydrogens (tertiary/aromatic N) is 1. The number of para-hydroxylation sites is 2. The van der Waals surface area contributed by atoms with Crippen LogP contribution in [0, 0.1) is 11.3 Å². The van der Waals surface area contributed by atoms with Crippen LogP contribution >= 0.6 is 0 Å². The molecule has 160 valence electrons. The number of rotatable bonds is 5. The summed E-state index contributed by atoms with van der Waals surface area (Å²) in [4.78, 5) is 26.9. The number of amides is 2. The zero-order chi connectivity index (χ0) is 21.7. The number of methoxy groups -OCH3 is 1. The van der Waals surface area contributed by atoms with E-state index < -0.39 is 0 Å². The summed E-state index contributed by atoms with van der Waals surface area (Å²) in [6.45, 7) is 7.03. The SMILES string of the molecule is COc1ccccc1Oc1ccc(NC(=O)C2CCN(C(=O)C(C)(C)C)CC2)cc1. The Morgan fingerprint density at radius 3 is 2.13 bits per heavy atom. The van der Waals surface area contributed by atoms with Crippen molar-refractivity contribution in [2.75, 3.05) is 25.5 Å². The minimum Gasteiger partial charge on any atom is -0.493 e. The van der Waals surface area contributed by atoms with E-state index in [9.17, 15) is 9.59 Å². The highest BCUT2D eigenvalue weighted by Gasteiger charge is 2.32. The van der Waals surface area contributed by atoms with Crippen molar-refractivity contribution < 1.29 is 19.1 Å². The normalized spacial score (nSPS) is 14.9. The van der Waals surface area contributed by atoms with Crippen molar-refractivity contribution in [3.8, 4) is 17.2 Å². The molecule has 6 heteroatoms. The number of likely N-dealkylation sites (tertiary alicyclic amines) is 1. The van der Waals surface area contributed by atoms with E-state index in [1.54, 1.807) is 7.11 Å². The van der Waals surface area contributed by atoms with Crippen molar-refractivity contribution in [2.45, 2.75) is 33.6 Å². The number of hydrogen-bond acceptors (Lipinski definition) is 4. The molecule has 0 aromatic heterocycles. The maximum atomic E-state index is 12.6. The Morgan fingerprint density at radius 1 is 0.967 bits per heavy atom. The summed E-state index contributed by atoms with van der Waals surface area (Å²) in [6.07, 6.45) is 1.37. The fourth-order valence-electron chi connectivity index (χ4n) is 3.50. The van der Waals surface area contributed by atoms with Gasteiger partial charge in [-0.3, -0.25) is 9.59 Å². The second kappa shape index (κ2) is 9.20. The molecule has 1 aliphatic rings. The highest BCUT2D eigenvalue weighted by atomic mass is 16.5. The van der Waals surface area contributed by atoms with Crippen LogP contribution in [0.4, 0.5) is 5.69 Å². The van der Waals surface area contributed by atoms with E-state index in [-0.39, 0.29) is 23.1 Å². The average Bonchev–Trinajstić information content (AvgIpc) is 2.74. The first-order valence-electron chi connectivity index (χ1n) is 10.3. The fourth-order valence-corrected chi connectivity index (χ4v) is 3.50. The minimum absolute atomic E-state index is 0.00347. The summed E-state index contributed by atoms with van der Waals surface area (Å²) in [5, 5.41) is 2.98. The van der Waals surface area contributed by atoms with Gasteiger partial charge in [0.2, 0.25) is 11.8 Å². The maximum Gasteiger partial charge on any atom is 0.227 e. The molecule has 2 aromatic carbocycles. The smallest absolute Gasteiger partial charge is 0.227 e. The van der Waals surface area contributed by atoms with Crippen LogP contribution in [-0.2, 0) is 9.59 Å². The van der Waals surface area contributed by atoms with E-state index >= 15 is 0 Å². The molecule has 0 unspecified atom stereocenters. The molecule has 3 rings (SSSR count). The molecule has 0 saturated carbocycles. The van der Waals surface area contributed by atoms with E-state index in [0.717, 1.165) is 5.69 Å². The predicted molar refractivity (Wildman–Crippen MR) is 117 cm³/mol. The van der Waals surface area contributed by atoms with E-state index in [4.69, 9.17) is 9.47 Å². The third-order valence-electron chi connectivity index (χ3n) is 5.21. The van der Waals surface area contributed by atoms with Gasteiger partial charge in [0.15, 0.2) is 11.5 Å². The maximum absolute atomic E-state index is 12.6. The van der Waals surface area contributed by atoms with Crippen molar-refractivity contribution >= 4 is 17.5 Å². The zero-order valence-electron chi connectivity index (χ0n) is 18.1. The van der Waals surface area contributed by atoms with Gasteiger partial charge in [0, 0.05) is 30.1 Å². The van der Waals surface area contributed by atoms with Gasteiger partial charge in [0.1, 0.15) is 5.75 Å². The number of ether oxygens (including phenoxy) is 2. The Labute approximate surface area is 178 Å². The van der Waals surface area contributed by atoms with Crippen molar-refractivity contribution in [1.82, 2.24) is 4.90 Å². The Kier molecular flexibility index (Phi) is 6.65. The molecule has 1 heterocycles. The van der Waals surface area contributed by atoms with Crippen LogP contribution < -0.4 is 14.8 Å². The van der Waals surface area contributed by atoms with E-state index in [0.29, 0.717) is 43.2 Å². The van der Waals surface area contributed by atoms with Crippen LogP contribution in [0.1, 0.15) is 33.6 Å². The largest absolute Gasteiger partial charge is 0.493 e. The van der Waals surface area contributed by atoms with Crippen LogP contribution in [0.25, 0.3) is 0 Å². The molecule has 0 atom stereocenters. The first kappa shape index (κ1) is 21.7. The lowest BCUT2D eigenvalue weighted by molar-refractivity contribution is -0.142. The van der Waals surface area contributed by atoms with E-state index in [1.165, 1.54) is 0 Å². The molecule has 6 nitrogen and oxygen atoms in total. The predicted octanol–water partition coefficient (Wildman–Crippen LogP) is 4.71. The van der Waals surface area contributed by atoms with Crippen molar-refractivity contribution in [3.63, 3.8) is 0 Å². The lowest BCUT2D eigenvalue weighted by atomic mass is 9.90. The summed E-state index contributed by atoms with van der Waals surface area (Å²) < 4.78 is 11.2. The quantitative estimate of drug-likeness (QED) is 0.775. The molecule has 1 aliphatic heterocycles. The van der Waals surface area contributed by atoms with Gasteiger partial charge in [0.05, 0.1) is 7.11 Å². The summed E-state index contributed by atoms with van der Waals surface area (Å²) >= 11 is 0. The van der Waals surface area contributed by atoms with Crippen molar-refractivity contribution in [1.29, 1.82) is 0 Å². The number of carbonyl (C=O) groups excluding carboxylic acids is 2. The Morgan fingerprint density at radius 2 is 1.57 bits per heavy atom. The van der Waals surface area contributed by atoms with Gasteiger partial charge >= 0.3 is 0 Å². The highest BCUT2D eigenvalue weighted by Crippen LogP contribution is 2.31. The molecule has 0 radical (unpaired) electrons. The second-order valence-corrected chi connectivity index (χ2v) is 8.58.